The number of carbonyl (C=O) groups excluding carboxylic acids is 2. The standard InChI is InChI=1S/C79H90N2O8/c1-7-13-17-21-53-87-69-44-36-65(37-45-69)80(64-34-42-68(43-35-64)86-52-20-16-10-4)62-30-24-58(25-31-62)60-28-50-72-73-51-29-61(57-75(73)76(74(72)56-60)77(78(82)84-11-5)79(83)85-12-6)59-26-32-63(33-27-59)81(66-38-46-70(47-39-66)88-54-22-18-14-8-2)67-40-48-71(49-41-67)89-55-23-19-15-9-3/h24-51,56-57H,7-23,52-55H2,1-6H3. The number of hydrogen-bond donors (Lipinski definition) is 0. The molecule has 1 aliphatic rings. The van der Waals surface area contributed by atoms with Crippen molar-refractivity contribution in [3.63, 3.8) is 0 Å². The van der Waals surface area contributed by atoms with E-state index in [0.717, 1.165) is 159 Å². The number of rotatable bonds is 35. The van der Waals surface area contributed by atoms with Crippen LogP contribution in [0.5, 0.6) is 23.0 Å². The van der Waals surface area contributed by atoms with E-state index in [-0.39, 0.29) is 18.8 Å². The van der Waals surface area contributed by atoms with Crippen LogP contribution < -0.4 is 28.7 Å². The molecular weight excluding hydrogens is 1100 g/mol. The van der Waals surface area contributed by atoms with E-state index in [1.165, 1.54) is 38.5 Å². The molecule has 0 radical (unpaired) electrons. The molecule has 0 atom stereocenters. The Bertz CT molecular complexity index is 3440. The molecule has 10 heteroatoms. The van der Waals surface area contributed by atoms with Crippen LogP contribution in [0.4, 0.5) is 34.1 Å². The lowest BCUT2D eigenvalue weighted by Gasteiger charge is -2.26. The minimum atomic E-state index is -0.731. The van der Waals surface area contributed by atoms with Crippen LogP contribution >= 0.6 is 0 Å². The summed E-state index contributed by atoms with van der Waals surface area (Å²) < 4.78 is 35.9. The number of hydrogen-bond acceptors (Lipinski definition) is 10. The highest BCUT2D eigenvalue weighted by Gasteiger charge is 2.35. The minimum Gasteiger partial charge on any atom is -0.494 e. The first-order valence-electron chi connectivity index (χ1n) is 32.9. The highest BCUT2D eigenvalue weighted by atomic mass is 16.6. The van der Waals surface area contributed by atoms with Gasteiger partial charge in [0.2, 0.25) is 0 Å². The number of nitrogens with zero attached hydrogens (tertiary/aromatic N) is 2. The van der Waals surface area contributed by atoms with E-state index in [0.29, 0.717) is 32.0 Å². The van der Waals surface area contributed by atoms with Gasteiger partial charge in [0, 0.05) is 39.7 Å². The fraction of sp³-hybridized carbons (Fsp3) is 0.342. The average molecular weight is 1200 g/mol. The van der Waals surface area contributed by atoms with Gasteiger partial charge in [-0.1, -0.05) is 147 Å². The second-order valence-electron chi connectivity index (χ2n) is 22.7. The predicted octanol–water partition coefficient (Wildman–Crippen LogP) is 21.3. The van der Waals surface area contributed by atoms with Gasteiger partial charge in [-0.05, 0) is 217 Å². The van der Waals surface area contributed by atoms with Crippen molar-refractivity contribution in [3.05, 3.63) is 199 Å². The van der Waals surface area contributed by atoms with Gasteiger partial charge in [0.15, 0.2) is 5.57 Å². The molecule has 89 heavy (non-hydrogen) atoms. The predicted molar refractivity (Wildman–Crippen MR) is 365 cm³/mol. The summed E-state index contributed by atoms with van der Waals surface area (Å²) in [6, 6.07) is 62.8. The highest BCUT2D eigenvalue weighted by molar-refractivity contribution is 6.25. The molecule has 0 saturated heterocycles. The van der Waals surface area contributed by atoms with E-state index < -0.39 is 11.9 Å². The molecule has 0 N–H and O–H groups in total. The fourth-order valence-corrected chi connectivity index (χ4v) is 11.4. The van der Waals surface area contributed by atoms with Crippen molar-refractivity contribution in [3.8, 4) is 56.4 Å². The van der Waals surface area contributed by atoms with Gasteiger partial charge in [-0.15, -0.1) is 0 Å². The Kier molecular flexibility index (Phi) is 24.4. The molecule has 8 aromatic carbocycles. The third kappa shape index (κ3) is 17.1. The largest absolute Gasteiger partial charge is 0.494 e. The molecule has 10 nitrogen and oxygen atoms in total. The Morgan fingerprint density at radius 2 is 0.551 bits per heavy atom. The highest BCUT2D eigenvalue weighted by Crippen LogP contribution is 2.49. The van der Waals surface area contributed by atoms with E-state index >= 15 is 0 Å². The number of anilines is 6. The molecule has 0 aliphatic heterocycles. The summed E-state index contributed by atoms with van der Waals surface area (Å²) in [6.07, 6.45) is 17.1. The van der Waals surface area contributed by atoms with Crippen molar-refractivity contribution in [2.24, 2.45) is 0 Å². The van der Waals surface area contributed by atoms with Crippen molar-refractivity contribution in [1.82, 2.24) is 0 Å². The summed E-state index contributed by atoms with van der Waals surface area (Å²) in [6.45, 7) is 15.3. The molecule has 0 saturated carbocycles. The van der Waals surface area contributed by atoms with Crippen LogP contribution in [0.3, 0.4) is 0 Å². The third-order valence-electron chi connectivity index (χ3n) is 16.2. The molecule has 1 aliphatic carbocycles. The van der Waals surface area contributed by atoms with Crippen molar-refractivity contribution < 1.29 is 38.0 Å². The minimum absolute atomic E-state index is 0.0870. The van der Waals surface area contributed by atoms with E-state index in [1.807, 2.05) is 48.5 Å². The van der Waals surface area contributed by atoms with Crippen LogP contribution in [0.25, 0.3) is 39.0 Å². The Morgan fingerprint density at radius 3 is 0.831 bits per heavy atom. The molecule has 0 heterocycles. The van der Waals surface area contributed by atoms with Gasteiger partial charge < -0.3 is 38.2 Å². The van der Waals surface area contributed by atoms with Crippen LogP contribution in [0.15, 0.2) is 188 Å². The first-order chi connectivity index (χ1) is 43.7. The SMILES string of the molecule is CCCCCCOc1ccc(N(c2ccc(OCCCCC)cc2)c2ccc(-c3ccc4c(c3)C(=C(C(=O)OCC)C(=O)OCC)c3cc(-c5ccc(N(c6ccc(OCCCCCC)cc6)c6ccc(OCCCCCC)cc6)cc5)ccc3-4)cc2)cc1. The van der Waals surface area contributed by atoms with Crippen molar-refractivity contribution in [2.45, 2.75) is 138 Å². The smallest absolute Gasteiger partial charge is 0.346 e. The van der Waals surface area contributed by atoms with E-state index in [4.69, 9.17) is 28.4 Å². The third-order valence-corrected chi connectivity index (χ3v) is 16.2. The summed E-state index contributed by atoms with van der Waals surface area (Å²) in [7, 11) is 0. The van der Waals surface area contributed by atoms with Crippen LogP contribution in [0.1, 0.15) is 149 Å². The summed E-state index contributed by atoms with van der Waals surface area (Å²) in [5.41, 5.74) is 13.3. The fourth-order valence-electron chi connectivity index (χ4n) is 11.4. The molecule has 0 spiro atoms. The zero-order valence-electron chi connectivity index (χ0n) is 53.3. The quantitative estimate of drug-likeness (QED) is 0.0126. The van der Waals surface area contributed by atoms with Gasteiger partial charge in [0.05, 0.1) is 39.6 Å². The lowest BCUT2D eigenvalue weighted by Crippen LogP contribution is -2.20. The molecular formula is C79H90N2O8. The van der Waals surface area contributed by atoms with Crippen LogP contribution in [0.2, 0.25) is 0 Å². The van der Waals surface area contributed by atoms with Crippen molar-refractivity contribution in [1.29, 1.82) is 0 Å². The summed E-state index contributed by atoms with van der Waals surface area (Å²) in [5, 5.41) is 0. The Balaban J connectivity index is 1.03. The second kappa shape index (κ2) is 33.6. The first kappa shape index (κ1) is 64.7. The maximum atomic E-state index is 14.2. The Labute approximate surface area is 529 Å². The van der Waals surface area contributed by atoms with Crippen molar-refractivity contribution in [2.75, 3.05) is 49.4 Å². The van der Waals surface area contributed by atoms with Gasteiger partial charge >= 0.3 is 11.9 Å². The first-order valence-corrected chi connectivity index (χ1v) is 32.9. The zero-order chi connectivity index (χ0) is 62.2. The van der Waals surface area contributed by atoms with E-state index in [9.17, 15) is 9.59 Å². The van der Waals surface area contributed by atoms with Crippen LogP contribution in [-0.4, -0.2) is 51.6 Å². The number of ether oxygens (including phenoxy) is 6. The van der Waals surface area contributed by atoms with Gasteiger partial charge in [-0.3, -0.25) is 0 Å². The maximum Gasteiger partial charge on any atom is 0.346 e. The molecule has 0 unspecified atom stereocenters. The molecule has 8 aromatic rings. The lowest BCUT2D eigenvalue weighted by atomic mass is 9.93. The molecule has 0 amide bonds. The molecule has 9 rings (SSSR count). The number of esters is 2. The van der Waals surface area contributed by atoms with Gasteiger partial charge in [0.25, 0.3) is 0 Å². The molecule has 0 aromatic heterocycles. The zero-order valence-corrected chi connectivity index (χ0v) is 53.3. The Morgan fingerprint density at radius 1 is 0.292 bits per heavy atom. The molecule has 0 fully saturated rings. The van der Waals surface area contributed by atoms with Crippen LogP contribution in [-0.2, 0) is 19.1 Å². The summed E-state index contributed by atoms with van der Waals surface area (Å²) >= 11 is 0. The lowest BCUT2D eigenvalue weighted by molar-refractivity contribution is -0.146. The van der Waals surface area contributed by atoms with Gasteiger partial charge in [0.1, 0.15) is 23.0 Å². The van der Waals surface area contributed by atoms with Crippen LogP contribution in [0, 0.1) is 0 Å². The second-order valence-corrected chi connectivity index (χ2v) is 22.7. The molecule has 0 bridgehead atoms. The van der Waals surface area contributed by atoms with Crippen molar-refractivity contribution >= 4 is 51.6 Å². The summed E-state index contributed by atoms with van der Waals surface area (Å²) in [5.74, 6) is 1.92. The summed E-state index contributed by atoms with van der Waals surface area (Å²) in [4.78, 5) is 32.9. The topological polar surface area (TPSA) is 96.0 Å². The number of unbranched alkanes of at least 4 members (excludes halogenated alkanes) is 11. The number of carbonyl (C=O) groups is 2. The van der Waals surface area contributed by atoms with E-state index in [1.54, 1.807) is 13.8 Å². The van der Waals surface area contributed by atoms with Gasteiger partial charge in [-0.2, -0.15) is 0 Å². The van der Waals surface area contributed by atoms with Gasteiger partial charge in [-0.25, -0.2) is 9.59 Å². The normalized spacial score (nSPS) is 11.4. The maximum absolute atomic E-state index is 14.2. The average Bonchev–Trinajstić information content (AvgIpc) is 2.09. The monoisotopic (exact) mass is 1190 g/mol. The van der Waals surface area contributed by atoms with E-state index in [2.05, 4.69) is 171 Å². The molecule has 464 valence electrons. The Hall–Kier alpha value is -8.76. The number of benzene rings is 8. The number of fused-ring (bicyclic) bond motifs is 3.